The lowest BCUT2D eigenvalue weighted by Gasteiger charge is -2.33. The molecule has 0 spiro atoms. The summed E-state index contributed by atoms with van der Waals surface area (Å²) in [7, 11) is 0. The molecule has 2 fully saturated rings. The van der Waals surface area contributed by atoms with Crippen LogP contribution in [0, 0.1) is 6.92 Å². The lowest BCUT2D eigenvalue weighted by atomic mass is 9.89. The predicted molar refractivity (Wildman–Crippen MR) is 98.3 cm³/mol. The van der Waals surface area contributed by atoms with E-state index in [1.807, 2.05) is 11.1 Å². The van der Waals surface area contributed by atoms with E-state index in [2.05, 4.69) is 46.7 Å². The molecular weight excluding hydrogens is 312 g/mol. The monoisotopic (exact) mass is 338 g/mol. The first-order valence-electron chi connectivity index (χ1n) is 9.35. The summed E-state index contributed by atoms with van der Waals surface area (Å²) < 4.78 is 0. The molecule has 2 aliphatic heterocycles. The Morgan fingerprint density at radius 2 is 2.08 bits per heavy atom. The Morgan fingerprint density at radius 3 is 2.80 bits per heavy atom. The Hall–Kier alpha value is -2.14. The summed E-state index contributed by atoms with van der Waals surface area (Å²) in [4.78, 5) is 14.6. The molecule has 1 atom stereocenters. The van der Waals surface area contributed by atoms with Crippen molar-refractivity contribution in [2.75, 3.05) is 19.6 Å². The number of benzene rings is 1. The molecule has 5 nitrogen and oxygen atoms in total. The van der Waals surface area contributed by atoms with Crippen LogP contribution >= 0.6 is 0 Å². The molecule has 0 bridgehead atoms. The topological polar surface area (TPSA) is 61.0 Å². The highest BCUT2D eigenvalue weighted by atomic mass is 16.2. The molecule has 1 amide bonds. The average molecular weight is 338 g/mol. The molecule has 2 aromatic rings. The van der Waals surface area contributed by atoms with Crippen molar-refractivity contribution in [2.24, 2.45) is 0 Å². The van der Waals surface area contributed by atoms with Crippen molar-refractivity contribution in [1.82, 2.24) is 20.4 Å². The Labute approximate surface area is 148 Å². The fourth-order valence-corrected chi connectivity index (χ4v) is 4.15. The van der Waals surface area contributed by atoms with E-state index in [9.17, 15) is 4.79 Å². The molecule has 2 saturated heterocycles. The Bertz CT molecular complexity index is 740. The normalized spacial score (nSPS) is 21.6. The van der Waals surface area contributed by atoms with Gasteiger partial charge in [-0.2, -0.15) is 5.10 Å². The molecule has 0 unspecified atom stereocenters. The quantitative estimate of drug-likeness (QED) is 0.905. The van der Waals surface area contributed by atoms with Gasteiger partial charge < -0.3 is 10.2 Å². The molecule has 1 aromatic carbocycles. The molecule has 2 aliphatic rings. The fourth-order valence-electron chi connectivity index (χ4n) is 4.15. The van der Waals surface area contributed by atoms with Gasteiger partial charge in [-0.1, -0.05) is 29.8 Å². The summed E-state index contributed by atoms with van der Waals surface area (Å²) >= 11 is 0. The van der Waals surface area contributed by atoms with Crippen molar-refractivity contribution in [3.8, 4) is 11.1 Å². The SMILES string of the molecule is Cc1cccc(-c2cn[nH]c2C2CCN(C(=O)[C@H]3CCCN3)CC2)c1. The number of rotatable bonds is 3. The van der Waals surface area contributed by atoms with Crippen molar-refractivity contribution in [2.45, 2.75) is 44.6 Å². The Kier molecular flexibility index (Phi) is 4.57. The van der Waals surface area contributed by atoms with Crippen molar-refractivity contribution in [3.63, 3.8) is 0 Å². The summed E-state index contributed by atoms with van der Waals surface area (Å²) in [5.41, 5.74) is 4.90. The van der Waals surface area contributed by atoms with Gasteiger partial charge in [0.1, 0.15) is 0 Å². The van der Waals surface area contributed by atoms with Gasteiger partial charge in [0.15, 0.2) is 0 Å². The largest absolute Gasteiger partial charge is 0.341 e. The molecule has 2 N–H and O–H groups in total. The second-order valence-electron chi connectivity index (χ2n) is 7.32. The van der Waals surface area contributed by atoms with Crippen LogP contribution in [0.1, 0.15) is 42.9 Å². The average Bonchev–Trinajstić information content (AvgIpc) is 3.33. The highest BCUT2D eigenvalue weighted by Gasteiger charge is 2.31. The van der Waals surface area contributed by atoms with E-state index < -0.39 is 0 Å². The summed E-state index contributed by atoms with van der Waals surface area (Å²) in [5, 5.41) is 10.9. The van der Waals surface area contributed by atoms with Gasteiger partial charge in [0.25, 0.3) is 0 Å². The van der Waals surface area contributed by atoms with Gasteiger partial charge >= 0.3 is 0 Å². The minimum atomic E-state index is 0.0477. The number of hydrogen-bond acceptors (Lipinski definition) is 3. The number of likely N-dealkylation sites (tertiary alicyclic amines) is 1. The van der Waals surface area contributed by atoms with Crippen molar-refractivity contribution in [1.29, 1.82) is 0 Å². The van der Waals surface area contributed by atoms with Gasteiger partial charge in [0.05, 0.1) is 12.2 Å². The van der Waals surface area contributed by atoms with Crippen LogP contribution in [0.15, 0.2) is 30.5 Å². The number of hydrogen-bond donors (Lipinski definition) is 2. The van der Waals surface area contributed by atoms with Gasteiger partial charge in [0.2, 0.25) is 5.91 Å². The van der Waals surface area contributed by atoms with Gasteiger partial charge in [-0.05, 0) is 44.7 Å². The predicted octanol–water partition coefficient (Wildman–Crippen LogP) is 2.84. The third-order valence-electron chi connectivity index (χ3n) is 5.57. The standard InChI is InChI=1S/C20H26N4O/c1-14-4-2-5-16(12-14)17-13-22-23-19(17)15-7-10-24(11-8-15)20(25)18-6-3-9-21-18/h2,4-5,12-13,15,18,21H,3,6-11H2,1H3,(H,22,23)/t18-/m1/s1. The number of amides is 1. The zero-order valence-electron chi connectivity index (χ0n) is 14.8. The number of H-pyrrole nitrogens is 1. The molecule has 5 heteroatoms. The van der Waals surface area contributed by atoms with E-state index in [0.717, 1.165) is 45.3 Å². The second-order valence-corrected chi connectivity index (χ2v) is 7.32. The van der Waals surface area contributed by atoms with Crippen LogP contribution in [0.5, 0.6) is 0 Å². The highest BCUT2D eigenvalue weighted by Crippen LogP contribution is 2.34. The lowest BCUT2D eigenvalue weighted by Crippen LogP contribution is -2.46. The zero-order valence-corrected chi connectivity index (χ0v) is 14.8. The third-order valence-corrected chi connectivity index (χ3v) is 5.57. The van der Waals surface area contributed by atoms with E-state index in [1.165, 1.54) is 22.4 Å². The first kappa shape index (κ1) is 16.3. The molecule has 1 aromatic heterocycles. The fraction of sp³-hybridized carbons (Fsp3) is 0.500. The first-order valence-corrected chi connectivity index (χ1v) is 9.35. The van der Waals surface area contributed by atoms with Crippen LogP contribution in [-0.2, 0) is 4.79 Å². The van der Waals surface area contributed by atoms with Crippen LogP contribution in [0.25, 0.3) is 11.1 Å². The van der Waals surface area contributed by atoms with E-state index >= 15 is 0 Å². The molecule has 3 heterocycles. The number of piperidine rings is 1. The minimum absolute atomic E-state index is 0.0477. The number of carbonyl (C=O) groups excluding carboxylic acids is 1. The lowest BCUT2D eigenvalue weighted by molar-refractivity contribution is -0.134. The maximum absolute atomic E-state index is 12.6. The molecule has 132 valence electrons. The van der Waals surface area contributed by atoms with E-state index in [0.29, 0.717) is 11.8 Å². The van der Waals surface area contributed by atoms with Gasteiger partial charge in [-0.25, -0.2) is 0 Å². The van der Waals surface area contributed by atoms with E-state index in [1.54, 1.807) is 0 Å². The number of aromatic amines is 1. The molecular formula is C20H26N4O. The maximum Gasteiger partial charge on any atom is 0.239 e. The van der Waals surface area contributed by atoms with Crippen molar-refractivity contribution < 1.29 is 4.79 Å². The Morgan fingerprint density at radius 1 is 1.24 bits per heavy atom. The summed E-state index contributed by atoms with van der Waals surface area (Å²) in [5.74, 6) is 0.734. The number of nitrogens with one attached hydrogen (secondary N) is 2. The van der Waals surface area contributed by atoms with Gasteiger partial charge in [0, 0.05) is 30.3 Å². The van der Waals surface area contributed by atoms with Crippen molar-refractivity contribution >= 4 is 5.91 Å². The summed E-state index contributed by atoms with van der Waals surface area (Å²) in [6.45, 7) is 4.77. The van der Waals surface area contributed by atoms with Gasteiger partial charge in [-0.15, -0.1) is 0 Å². The van der Waals surface area contributed by atoms with E-state index in [4.69, 9.17) is 0 Å². The smallest absolute Gasteiger partial charge is 0.239 e. The number of aromatic nitrogens is 2. The number of nitrogens with zero attached hydrogens (tertiary/aromatic N) is 2. The molecule has 25 heavy (non-hydrogen) atoms. The maximum atomic E-state index is 12.6. The van der Waals surface area contributed by atoms with Crippen LogP contribution in [0.3, 0.4) is 0 Å². The minimum Gasteiger partial charge on any atom is -0.341 e. The highest BCUT2D eigenvalue weighted by molar-refractivity contribution is 5.82. The molecule has 0 saturated carbocycles. The van der Waals surface area contributed by atoms with Crippen LogP contribution in [-0.4, -0.2) is 46.7 Å². The number of aryl methyl sites for hydroxylation is 1. The molecule has 4 rings (SSSR count). The van der Waals surface area contributed by atoms with Crippen LogP contribution < -0.4 is 5.32 Å². The summed E-state index contributed by atoms with van der Waals surface area (Å²) in [6, 6.07) is 8.61. The summed E-state index contributed by atoms with van der Waals surface area (Å²) in [6.07, 6.45) is 6.03. The van der Waals surface area contributed by atoms with E-state index in [-0.39, 0.29) is 6.04 Å². The van der Waals surface area contributed by atoms with Crippen molar-refractivity contribution in [3.05, 3.63) is 41.7 Å². The molecule has 0 aliphatic carbocycles. The second kappa shape index (κ2) is 7.00. The molecule has 0 radical (unpaired) electrons. The first-order chi connectivity index (χ1) is 12.2. The van der Waals surface area contributed by atoms with Gasteiger partial charge in [-0.3, -0.25) is 9.89 Å². The van der Waals surface area contributed by atoms with Crippen LogP contribution in [0.2, 0.25) is 0 Å². The van der Waals surface area contributed by atoms with Crippen LogP contribution in [0.4, 0.5) is 0 Å². The Balaban J connectivity index is 1.45. The zero-order chi connectivity index (χ0) is 17.2. The third kappa shape index (κ3) is 3.33. The number of carbonyl (C=O) groups is 1.